The second kappa shape index (κ2) is 7.77. The summed E-state index contributed by atoms with van der Waals surface area (Å²) in [7, 11) is 0. The molecule has 0 aliphatic heterocycles. The summed E-state index contributed by atoms with van der Waals surface area (Å²) in [5.74, 6) is -0.117. The summed E-state index contributed by atoms with van der Waals surface area (Å²) in [6, 6.07) is 18.0. The molecule has 23 heavy (non-hydrogen) atoms. The zero-order valence-electron chi connectivity index (χ0n) is 14.1. The van der Waals surface area contributed by atoms with E-state index in [2.05, 4.69) is 6.58 Å². The van der Waals surface area contributed by atoms with Crippen molar-refractivity contribution in [3.8, 4) is 0 Å². The lowest BCUT2D eigenvalue weighted by atomic mass is 9.94. The predicted octanol–water partition coefficient (Wildman–Crippen LogP) is 5.05. The number of hydrogen-bond acceptors (Lipinski definition) is 2. The molecule has 0 aliphatic rings. The number of carbonyl (C=O) groups is 1. The molecule has 0 spiro atoms. The summed E-state index contributed by atoms with van der Waals surface area (Å²) >= 11 is 0. The molecular formula is C21H24O2. The van der Waals surface area contributed by atoms with E-state index in [-0.39, 0.29) is 11.9 Å². The van der Waals surface area contributed by atoms with Gasteiger partial charge >= 0.3 is 5.97 Å². The van der Waals surface area contributed by atoms with Crippen LogP contribution in [0.25, 0.3) is 5.57 Å². The highest BCUT2D eigenvalue weighted by Crippen LogP contribution is 2.25. The van der Waals surface area contributed by atoms with Crippen LogP contribution in [0.4, 0.5) is 0 Å². The molecule has 1 atom stereocenters. The minimum atomic E-state index is -0.280. The first kappa shape index (κ1) is 17.0. The molecule has 0 fully saturated rings. The lowest BCUT2D eigenvalue weighted by Gasteiger charge is -2.15. The molecule has 2 aromatic rings. The molecule has 0 amide bonds. The summed E-state index contributed by atoms with van der Waals surface area (Å²) in [6.45, 7) is 10.6. The summed E-state index contributed by atoms with van der Waals surface area (Å²) in [5.41, 5.74) is 4.01. The monoisotopic (exact) mass is 308 g/mol. The van der Waals surface area contributed by atoms with Gasteiger partial charge in [-0.15, -0.1) is 0 Å². The standard InChI is InChI=1S/C21H24O2/c1-15(2)14-23-21(22)17(4)20-12-8-11-19(13-20)16(3)18-9-6-5-7-10-18/h5-13,15,17H,3,14H2,1-2,4H3. The summed E-state index contributed by atoms with van der Waals surface area (Å²) in [5, 5.41) is 0. The van der Waals surface area contributed by atoms with Gasteiger partial charge < -0.3 is 4.74 Å². The van der Waals surface area contributed by atoms with Crippen LogP contribution in [0.2, 0.25) is 0 Å². The van der Waals surface area contributed by atoms with Crippen LogP contribution in [0.15, 0.2) is 61.2 Å². The maximum Gasteiger partial charge on any atom is 0.313 e. The lowest BCUT2D eigenvalue weighted by molar-refractivity contribution is -0.146. The van der Waals surface area contributed by atoms with Crippen LogP contribution in [0.5, 0.6) is 0 Å². The maximum atomic E-state index is 12.2. The van der Waals surface area contributed by atoms with E-state index in [0.717, 1.165) is 22.3 Å². The number of rotatable bonds is 6. The van der Waals surface area contributed by atoms with E-state index in [1.807, 2.05) is 75.4 Å². The van der Waals surface area contributed by atoms with Gasteiger partial charge in [0.25, 0.3) is 0 Å². The van der Waals surface area contributed by atoms with E-state index in [1.54, 1.807) is 0 Å². The Kier molecular flexibility index (Phi) is 5.75. The molecule has 0 heterocycles. The average molecular weight is 308 g/mol. The largest absolute Gasteiger partial charge is 0.465 e. The van der Waals surface area contributed by atoms with Crippen LogP contribution in [0.3, 0.4) is 0 Å². The molecule has 2 rings (SSSR count). The SMILES string of the molecule is C=C(c1ccccc1)c1cccc(C(C)C(=O)OCC(C)C)c1. The van der Waals surface area contributed by atoms with E-state index >= 15 is 0 Å². The number of esters is 1. The Morgan fingerprint density at radius 3 is 2.30 bits per heavy atom. The number of benzene rings is 2. The van der Waals surface area contributed by atoms with E-state index in [4.69, 9.17) is 4.74 Å². The minimum Gasteiger partial charge on any atom is -0.465 e. The van der Waals surface area contributed by atoms with E-state index < -0.39 is 0 Å². The molecule has 120 valence electrons. The van der Waals surface area contributed by atoms with Crippen LogP contribution in [0.1, 0.15) is 43.4 Å². The summed E-state index contributed by atoms with van der Waals surface area (Å²) in [4.78, 5) is 12.2. The Hall–Kier alpha value is -2.35. The van der Waals surface area contributed by atoms with Crippen molar-refractivity contribution < 1.29 is 9.53 Å². The highest BCUT2D eigenvalue weighted by molar-refractivity contribution is 5.81. The van der Waals surface area contributed by atoms with Crippen LogP contribution < -0.4 is 0 Å². The highest BCUT2D eigenvalue weighted by Gasteiger charge is 2.18. The van der Waals surface area contributed by atoms with Crippen molar-refractivity contribution in [2.24, 2.45) is 5.92 Å². The molecule has 0 saturated carbocycles. The maximum absolute atomic E-state index is 12.2. The molecule has 0 aliphatic carbocycles. The van der Waals surface area contributed by atoms with Crippen molar-refractivity contribution >= 4 is 11.5 Å². The molecule has 0 aromatic heterocycles. The normalized spacial score (nSPS) is 12.0. The number of ether oxygens (including phenoxy) is 1. The van der Waals surface area contributed by atoms with E-state index in [0.29, 0.717) is 12.5 Å². The average Bonchev–Trinajstić information content (AvgIpc) is 2.59. The first-order valence-electron chi connectivity index (χ1n) is 8.00. The smallest absolute Gasteiger partial charge is 0.313 e. The zero-order chi connectivity index (χ0) is 16.8. The van der Waals surface area contributed by atoms with Crippen molar-refractivity contribution in [2.45, 2.75) is 26.7 Å². The molecule has 2 nitrogen and oxygen atoms in total. The first-order valence-corrected chi connectivity index (χ1v) is 8.00. The third kappa shape index (κ3) is 4.56. The Morgan fingerprint density at radius 2 is 1.65 bits per heavy atom. The Morgan fingerprint density at radius 1 is 1.00 bits per heavy atom. The van der Waals surface area contributed by atoms with Gasteiger partial charge in [0, 0.05) is 0 Å². The zero-order valence-corrected chi connectivity index (χ0v) is 14.1. The molecule has 2 heteroatoms. The molecule has 0 saturated heterocycles. The van der Waals surface area contributed by atoms with Crippen LogP contribution in [-0.4, -0.2) is 12.6 Å². The topological polar surface area (TPSA) is 26.3 Å². The number of carbonyl (C=O) groups excluding carboxylic acids is 1. The fourth-order valence-electron chi connectivity index (χ4n) is 2.31. The molecule has 1 unspecified atom stereocenters. The van der Waals surface area contributed by atoms with Gasteiger partial charge in [-0.05, 0) is 35.1 Å². The molecule has 0 bridgehead atoms. The summed E-state index contributed by atoms with van der Waals surface area (Å²) < 4.78 is 5.34. The second-order valence-electron chi connectivity index (χ2n) is 6.22. The predicted molar refractivity (Wildman–Crippen MR) is 95.2 cm³/mol. The Balaban J connectivity index is 2.16. The van der Waals surface area contributed by atoms with Gasteiger partial charge in [-0.25, -0.2) is 0 Å². The third-order valence-electron chi connectivity index (χ3n) is 3.77. The van der Waals surface area contributed by atoms with Crippen molar-refractivity contribution in [1.29, 1.82) is 0 Å². The molecule has 0 N–H and O–H groups in total. The minimum absolute atomic E-state index is 0.179. The van der Waals surface area contributed by atoms with Gasteiger partial charge in [0.05, 0.1) is 12.5 Å². The first-order chi connectivity index (χ1) is 11.0. The Labute approximate surface area is 138 Å². The van der Waals surface area contributed by atoms with Crippen molar-refractivity contribution in [2.75, 3.05) is 6.61 Å². The van der Waals surface area contributed by atoms with Gasteiger partial charge in [0.2, 0.25) is 0 Å². The molecule has 0 radical (unpaired) electrons. The van der Waals surface area contributed by atoms with E-state index in [1.165, 1.54) is 0 Å². The van der Waals surface area contributed by atoms with Gasteiger partial charge in [0.1, 0.15) is 0 Å². The molecule has 2 aromatic carbocycles. The van der Waals surface area contributed by atoms with Gasteiger partial charge in [-0.2, -0.15) is 0 Å². The second-order valence-corrected chi connectivity index (χ2v) is 6.22. The van der Waals surface area contributed by atoms with Gasteiger partial charge in [-0.1, -0.05) is 75.0 Å². The third-order valence-corrected chi connectivity index (χ3v) is 3.77. The highest BCUT2D eigenvalue weighted by atomic mass is 16.5. The lowest BCUT2D eigenvalue weighted by Crippen LogP contribution is -2.16. The molecular weight excluding hydrogens is 284 g/mol. The van der Waals surface area contributed by atoms with Crippen LogP contribution in [0, 0.1) is 5.92 Å². The quantitative estimate of drug-likeness (QED) is 0.698. The van der Waals surface area contributed by atoms with Crippen LogP contribution in [-0.2, 0) is 9.53 Å². The fraction of sp³-hybridized carbons (Fsp3) is 0.286. The van der Waals surface area contributed by atoms with Crippen LogP contribution >= 0.6 is 0 Å². The van der Waals surface area contributed by atoms with E-state index in [9.17, 15) is 4.79 Å². The van der Waals surface area contributed by atoms with Crippen molar-refractivity contribution in [3.63, 3.8) is 0 Å². The van der Waals surface area contributed by atoms with Crippen molar-refractivity contribution in [1.82, 2.24) is 0 Å². The summed E-state index contributed by atoms with van der Waals surface area (Å²) in [6.07, 6.45) is 0. The number of hydrogen-bond donors (Lipinski definition) is 0. The van der Waals surface area contributed by atoms with Gasteiger partial charge in [0.15, 0.2) is 0 Å². The Bertz CT molecular complexity index is 671. The van der Waals surface area contributed by atoms with Gasteiger partial charge in [-0.3, -0.25) is 4.79 Å². The van der Waals surface area contributed by atoms with Crippen molar-refractivity contribution in [3.05, 3.63) is 77.9 Å². The fourth-order valence-corrected chi connectivity index (χ4v) is 2.31.